The Bertz CT molecular complexity index is 725. The number of anilines is 1. The van der Waals surface area contributed by atoms with Crippen molar-refractivity contribution in [3.8, 4) is 6.07 Å². The van der Waals surface area contributed by atoms with E-state index in [1.165, 1.54) is 12.1 Å². The van der Waals surface area contributed by atoms with Gasteiger partial charge in [-0.25, -0.2) is 9.37 Å². The molecule has 0 saturated heterocycles. The second-order valence-electron chi connectivity index (χ2n) is 4.02. The van der Waals surface area contributed by atoms with E-state index in [0.717, 1.165) is 12.1 Å². The number of pyridine rings is 1. The third kappa shape index (κ3) is 2.92. The highest BCUT2D eigenvalue weighted by atomic mass is 35.5. The van der Waals surface area contributed by atoms with Gasteiger partial charge in [-0.05, 0) is 37.3 Å². The van der Waals surface area contributed by atoms with Gasteiger partial charge in [0.2, 0.25) is 0 Å². The Labute approximate surface area is 119 Å². The van der Waals surface area contributed by atoms with E-state index in [1.807, 2.05) is 6.07 Å². The van der Waals surface area contributed by atoms with Crippen molar-refractivity contribution in [3.05, 3.63) is 58.0 Å². The summed E-state index contributed by atoms with van der Waals surface area (Å²) in [5.41, 5.74) is 1.09. The monoisotopic (exact) mass is 289 g/mol. The molecular weight excluding hydrogens is 281 g/mol. The van der Waals surface area contributed by atoms with Gasteiger partial charge in [0.25, 0.3) is 5.91 Å². The molecule has 0 bridgehead atoms. The van der Waals surface area contributed by atoms with Crippen LogP contribution in [0.4, 0.5) is 10.2 Å². The Morgan fingerprint density at radius 1 is 1.40 bits per heavy atom. The molecule has 20 heavy (non-hydrogen) atoms. The Kier molecular flexibility index (Phi) is 3.97. The summed E-state index contributed by atoms with van der Waals surface area (Å²) < 4.78 is 12.9. The molecule has 0 unspecified atom stereocenters. The molecule has 1 N–H and O–H groups in total. The van der Waals surface area contributed by atoms with Crippen molar-refractivity contribution in [1.82, 2.24) is 4.98 Å². The third-order valence-corrected chi connectivity index (χ3v) is 2.94. The molecule has 1 aromatic carbocycles. The molecule has 1 heterocycles. The molecule has 4 nitrogen and oxygen atoms in total. The molecule has 1 amide bonds. The Balaban J connectivity index is 2.24. The molecule has 0 saturated carbocycles. The lowest BCUT2D eigenvalue weighted by Gasteiger charge is -2.07. The molecule has 1 aromatic heterocycles. The van der Waals surface area contributed by atoms with Crippen molar-refractivity contribution in [2.24, 2.45) is 0 Å². The molecule has 6 heteroatoms. The summed E-state index contributed by atoms with van der Waals surface area (Å²) in [7, 11) is 0. The maximum Gasteiger partial charge on any atom is 0.258 e. The first-order valence-corrected chi connectivity index (χ1v) is 6.03. The van der Waals surface area contributed by atoms with Crippen LogP contribution in [0, 0.1) is 24.1 Å². The Morgan fingerprint density at radius 3 is 2.75 bits per heavy atom. The predicted octanol–water partition coefficient (Wildman–Crippen LogP) is 3.31. The molecule has 100 valence electrons. The number of amides is 1. The van der Waals surface area contributed by atoms with Crippen LogP contribution in [-0.2, 0) is 0 Å². The van der Waals surface area contributed by atoms with Crippen LogP contribution in [0.3, 0.4) is 0 Å². The van der Waals surface area contributed by atoms with Crippen molar-refractivity contribution in [1.29, 1.82) is 5.26 Å². The van der Waals surface area contributed by atoms with Crippen molar-refractivity contribution >= 4 is 23.3 Å². The van der Waals surface area contributed by atoms with E-state index in [9.17, 15) is 9.18 Å². The SMILES string of the molecule is Cc1nc(NC(=O)c2ccc(F)cc2Cl)ccc1C#N. The lowest BCUT2D eigenvalue weighted by Crippen LogP contribution is -2.14. The van der Waals surface area contributed by atoms with Crippen LogP contribution in [0.1, 0.15) is 21.6 Å². The lowest BCUT2D eigenvalue weighted by atomic mass is 10.2. The molecule has 0 atom stereocenters. The number of halogens is 2. The first-order chi connectivity index (χ1) is 9.51. The summed E-state index contributed by atoms with van der Waals surface area (Å²) in [5.74, 6) is -0.711. The van der Waals surface area contributed by atoms with E-state index >= 15 is 0 Å². The smallest absolute Gasteiger partial charge is 0.258 e. The lowest BCUT2D eigenvalue weighted by molar-refractivity contribution is 0.102. The fourth-order valence-electron chi connectivity index (χ4n) is 1.61. The highest BCUT2D eigenvalue weighted by Crippen LogP contribution is 2.19. The summed E-state index contributed by atoms with van der Waals surface area (Å²) >= 11 is 5.81. The number of rotatable bonds is 2. The summed E-state index contributed by atoms with van der Waals surface area (Å²) in [5, 5.41) is 11.4. The maximum absolute atomic E-state index is 12.9. The number of nitrogens with one attached hydrogen (secondary N) is 1. The van der Waals surface area contributed by atoms with E-state index in [0.29, 0.717) is 17.1 Å². The fraction of sp³-hybridized carbons (Fsp3) is 0.0714. The van der Waals surface area contributed by atoms with Gasteiger partial charge in [0.15, 0.2) is 0 Å². The Hall–Kier alpha value is -2.45. The topological polar surface area (TPSA) is 65.8 Å². The zero-order valence-electron chi connectivity index (χ0n) is 10.4. The Morgan fingerprint density at radius 2 is 2.15 bits per heavy atom. The van der Waals surface area contributed by atoms with Gasteiger partial charge in [-0.2, -0.15) is 5.26 Å². The molecule has 0 aliphatic heterocycles. The van der Waals surface area contributed by atoms with Gasteiger partial charge in [-0.3, -0.25) is 4.79 Å². The number of hydrogen-bond acceptors (Lipinski definition) is 3. The highest BCUT2D eigenvalue weighted by molar-refractivity contribution is 6.34. The van der Waals surface area contributed by atoms with Crippen molar-refractivity contribution in [2.75, 3.05) is 5.32 Å². The van der Waals surface area contributed by atoms with Gasteiger partial charge in [0.05, 0.1) is 21.8 Å². The minimum atomic E-state index is -0.515. The van der Waals surface area contributed by atoms with E-state index in [2.05, 4.69) is 10.3 Å². The first kappa shape index (κ1) is 14.0. The minimum Gasteiger partial charge on any atom is -0.307 e. The van der Waals surface area contributed by atoms with Gasteiger partial charge in [0, 0.05) is 0 Å². The summed E-state index contributed by atoms with van der Waals surface area (Å²) in [6, 6.07) is 8.57. The molecule has 2 aromatic rings. The van der Waals surface area contributed by atoms with Crippen LogP contribution >= 0.6 is 11.6 Å². The van der Waals surface area contributed by atoms with Crippen LogP contribution in [0.15, 0.2) is 30.3 Å². The quantitative estimate of drug-likeness (QED) is 0.922. The number of hydrogen-bond donors (Lipinski definition) is 1. The number of carbonyl (C=O) groups excluding carboxylic acids is 1. The van der Waals surface area contributed by atoms with E-state index in [4.69, 9.17) is 16.9 Å². The second kappa shape index (κ2) is 5.68. The number of aryl methyl sites for hydroxylation is 1. The standard InChI is InChI=1S/C14H9ClFN3O/c1-8-9(7-17)2-5-13(18-8)19-14(20)11-4-3-10(16)6-12(11)15/h2-6H,1H3,(H,18,19,20). The third-order valence-electron chi connectivity index (χ3n) is 2.62. The average Bonchev–Trinajstić information content (AvgIpc) is 2.38. The number of aromatic nitrogens is 1. The van der Waals surface area contributed by atoms with Gasteiger partial charge >= 0.3 is 0 Å². The zero-order valence-corrected chi connectivity index (χ0v) is 11.2. The van der Waals surface area contributed by atoms with Gasteiger partial charge in [0.1, 0.15) is 17.7 Å². The number of benzene rings is 1. The first-order valence-electron chi connectivity index (χ1n) is 5.65. The fourth-order valence-corrected chi connectivity index (χ4v) is 1.86. The molecule has 0 aliphatic rings. The average molecular weight is 290 g/mol. The van der Waals surface area contributed by atoms with Gasteiger partial charge in [-0.15, -0.1) is 0 Å². The van der Waals surface area contributed by atoms with Crippen molar-refractivity contribution in [3.63, 3.8) is 0 Å². The molecule has 0 fully saturated rings. The number of carbonyl (C=O) groups is 1. The van der Waals surface area contributed by atoms with Crippen molar-refractivity contribution < 1.29 is 9.18 Å². The predicted molar refractivity (Wildman–Crippen MR) is 73.1 cm³/mol. The molecule has 2 rings (SSSR count). The summed E-state index contributed by atoms with van der Waals surface area (Å²) in [6.45, 7) is 1.67. The normalized spacial score (nSPS) is 9.90. The van der Waals surface area contributed by atoms with Crippen LogP contribution in [0.5, 0.6) is 0 Å². The molecule has 0 radical (unpaired) electrons. The highest BCUT2D eigenvalue weighted by Gasteiger charge is 2.12. The maximum atomic E-state index is 12.9. The molecular formula is C14H9ClFN3O. The van der Waals surface area contributed by atoms with Gasteiger partial charge in [-0.1, -0.05) is 11.6 Å². The molecule has 0 spiro atoms. The summed E-state index contributed by atoms with van der Waals surface area (Å²) in [6.07, 6.45) is 0. The van der Waals surface area contributed by atoms with E-state index in [1.54, 1.807) is 13.0 Å². The van der Waals surface area contributed by atoms with Crippen LogP contribution in [-0.4, -0.2) is 10.9 Å². The second-order valence-corrected chi connectivity index (χ2v) is 4.43. The van der Waals surface area contributed by atoms with Crippen LogP contribution < -0.4 is 5.32 Å². The minimum absolute atomic E-state index is 0.0212. The van der Waals surface area contributed by atoms with Crippen LogP contribution in [0.25, 0.3) is 0 Å². The number of nitriles is 1. The largest absolute Gasteiger partial charge is 0.307 e. The van der Waals surface area contributed by atoms with Crippen LogP contribution in [0.2, 0.25) is 5.02 Å². The molecule has 0 aliphatic carbocycles. The number of nitrogens with zero attached hydrogens (tertiary/aromatic N) is 2. The van der Waals surface area contributed by atoms with Crippen molar-refractivity contribution in [2.45, 2.75) is 6.92 Å². The van der Waals surface area contributed by atoms with E-state index in [-0.39, 0.29) is 10.6 Å². The summed E-state index contributed by atoms with van der Waals surface area (Å²) in [4.78, 5) is 16.1. The zero-order chi connectivity index (χ0) is 14.7. The van der Waals surface area contributed by atoms with E-state index < -0.39 is 11.7 Å². The van der Waals surface area contributed by atoms with Gasteiger partial charge < -0.3 is 5.32 Å².